The van der Waals surface area contributed by atoms with Gasteiger partial charge in [-0.15, -0.1) is 0 Å². The molecule has 0 fully saturated rings. The topological polar surface area (TPSA) is 53.0 Å². The molecule has 86 valence electrons. The predicted octanol–water partition coefficient (Wildman–Crippen LogP) is 1.93. The largest absolute Gasteiger partial charge is 0.375 e. The Morgan fingerprint density at radius 3 is 2.50 bits per heavy atom. The van der Waals surface area contributed by atoms with E-state index in [2.05, 4.69) is 36.1 Å². The van der Waals surface area contributed by atoms with Crippen molar-refractivity contribution in [2.24, 2.45) is 5.73 Å². The summed E-state index contributed by atoms with van der Waals surface area (Å²) in [4.78, 5) is 2.12. The van der Waals surface area contributed by atoms with Gasteiger partial charge in [0, 0.05) is 19.3 Å². The molecule has 0 radical (unpaired) electrons. The number of anilines is 1. The number of hydrogen-bond acceptors (Lipinski definition) is 3. The number of nitriles is 1. The molecule has 1 aromatic rings. The van der Waals surface area contributed by atoms with Gasteiger partial charge in [-0.05, 0) is 30.5 Å². The lowest BCUT2D eigenvalue weighted by atomic mass is 10.1. The lowest BCUT2D eigenvalue weighted by Gasteiger charge is -2.20. The summed E-state index contributed by atoms with van der Waals surface area (Å²) in [7, 11) is 2.02. The van der Waals surface area contributed by atoms with Crippen LogP contribution in [0.3, 0.4) is 0 Å². The molecule has 0 spiro atoms. The van der Waals surface area contributed by atoms with Crippen molar-refractivity contribution in [3.05, 3.63) is 29.8 Å². The lowest BCUT2D eigenvalue weighted by Crippen LogP contribution is -2.26. The summed E-state index contributed by atoms with van der Waals surface area (Å²) >= 11 is 0. The van der Waals surface area contributed by atoms with E-state index in [1.165, 1.54) is 11.3 Å². The zero-order valence-corrected chi connectivity index (χ0v) is 9.98. The van der Waals surface area contributed by atoms with Crippen LogP contribution in [-0.4, -0.2) is 19.6 Å². The van der Waals surface area contributed by atoms with E-state index in [0.717, 1.165) is 13.0 Å². The maximum atomic E-state index is 8.59. The minimum absolute atomic E-state index is 0.364. The maximum Gasteiger partial charge on any atom is 0.0944 e. The van der Waals surface area contributed by atoms with E-state index >= 15 is 0 Å². The minimum Gasteiger partial charge on any atom is -0.375 e. The van der Waals surface area contributed by atoms with Crippen LogP contribution in [0.1, 0.15) is 18.9 Å². The summed E-state index contributed by atoms with van der Waals surface area (Å²) in [6.07, 6.45) is 1.76. The van der Waals surface area contributed by atoms with Gasteiger partial charge < -0.3 is 10.6 Å². The van der Waals surface area contributed by atoms with Crippen LogP contribution < -0.4 is 10.6 Å². The molecule has 0 aliphatic heterocycles. The Morgan fingerprint density at radius 2 is 2.00 bits per heavy atom. The van der Waals surface area contributed by atoms with E-state index in [-0.39, 0.29) is 6.04 Å². The third kappa shape index (κ3) is 3.56. The fourth-order valence-corrected chi connectivity index (χ4v) is 1.51. The van der Waals surface area contributed by atoms with Crippen LogP contribution in [0, 0.1) is 11.3 Å². The van der Waals surface area contributed by atoms with E-state index in [9.17, 15) is 0 Å². The molecule has 3 heteroatoms. The van der Waals surface area contributed by atoms with Crippen LogP contribution in [0.25, 0.3) is 0 Å². The molecule has 0 saturated carbocycles. The highest BCUT2D eigenvalue weighted by Gasteiger charge is 2.04. The highest BCUT2D eigenvalue weighted by Crippen LogP contribution is 2.14. The maximum absolute atomic E-state index is 8.59. The first-order chi connectivity index (χ1) is 7.67. The second-order valence-electron chi connectivity index (χ2n) is 3.97. The van der Waals surface area contributed by atoms with Crippen LogP contribution in [0.15, 0.2) is 24.3 Å². The molecule has 0 aliphatic rings. The van der Waals surface area contributed by atoms with Gasteiger partial charge in [-0.1, -0.05) is 19.1 Å². The van der Waals surface area contributed by atoms with Crippen LogP contribution in [0.4, 0.5) is 5.69 Å². The average molecular weight is 217 g/mol. The number of aryl methyl sites for hydroxylation is 1. The van der Waals surface area contributed by atoms with Crippen molar-refractivity contribution >= 4 is 5.69 Å². The molecule has 0 saturated heterocycles. The molecule has 0 aromatic heterocycles. The molecular weight excluding hydrogens is 198 g/mol. The van der Waals surface area contributed by atoms with Crippen LogP contribution in [-0.2, 0) is 6.42 Å². The lowest BCUT2D eigenvalue weighted by molar-refractivity contribution is 0.716. The second-order valence-corrected chi connectivity index (χ2v) is 3.97. The highest BCUT2D eigenvalue weighted by atomic mass is 15.1. The molecule has 3 nitrogen and oxygen atoms in total. The molecular formula is C13H19N3. The Kier molecular flexibility index (Phi) is 4.81. The van der Waals surface area contributed by atoms with Crippen molar-refractivity contribution in [1.29, 1.82) is 5.26 Å². The standard InChI is InChI=1S/C13H19N3/c1-3-11-4-6-13(7-5-11)16(2)9-8-12(15)10-14/h4-7,12H,3,8-9,15H2,1-2H3. The van der Waals surface area contributed by atoms with Crippen molar-refractivity contribution in [2.75, 3.05) is 18.5 Å². The van der Waals surface area contributed by atoms with Gasteiger partial charge in [-0.2, -0.15) is 5.26 Å². The molecule has 1 unspecified atom stereocenters. The fraction of sp³-hybridized carbons (Fsp3) is 0.462. The van der Waals surface area contributed by atoms with Gasteiger partial charge in [-0.25, -0.2) is 0 Å². The van der Waals surface area contributed by atoms with Crippen LogP contribution >= 0.6 is 0 Å². The summed E-state index contributed by atoms with van der Waals surface area (Å²) in [5.41, 5.74) is 8.06. The van der Waals surface area contributed by atoms with Crippen molar-refractivity contribution in [3.63, 3.8) is 0 Å². The van der Waals surface area contributed by atoms with Gasteiger partial charge in [0.05, 0.1) is 12.1 Å². The minimum atomic E-state index is -0.364. The summed E-state index contributed by atoms with van der Waals surface area (Å²) in [6.45, 7) is 2.95. The number of hydrogen-bond donors (Lipinski definition) is 1. The Hall–Kier alpha value is -1.53. The average Bonchev–Trinajstić information content (AvgIpc) is 2.35. The normalized spacial score (nSPS) is 11.9. The van der Waals surface area contributed by atoms with E-state index in [1.807, 2.05) is 13.1 Å². The van der Waals surface area contributed by atoms with Gasteiger partial charge in [0.2, 0.25) is 0 Å². The Balaban J connectivity index is 2.53. The highest BCUT2D eigenvalue weighted by molar-refractivity contribution is 5.46. The van der Waals surface area contributed by atoms with Crippen molar-refractivity contribution in [1.82, 2.24) is 0 Å². The van der Waals surface area contributed by atoms with E-state index in [4.69, 9.17) is 11.0 Å². The molecule has 0 amide bonds. The third-order valence-corrected chi connectivity index (χ3v) is 2.73. The first-order valence-corrected chi connectivity index (χ1v) is 5.62. The zero-order valence-electron chi connectivity index (χ0n) is 9.98. The SMILES string of the molecule is CCc1ccc(N(C)CCC(N)C#N)cc1. The van der Waals surface area contributed by atoms with Gasteiger partial charge in [0.25, 0.3) is 0 Å². The smallest absolute Gasteiger partial charge is 0.0944 e. The zero-order chi connectivity index (χ0) is 12.0. The van der Waals surface area contributed by atoms with Crippen LogP contribution in [0.2, 0.25) is 0 Å². The molecule has 1 aromatic carbocycles. The number of nitrogens with zero attached hydrogens (tertiary/aromatic N) is 2. The van der Waals surface area contributed by atoms with Crippen molar-refractivity contribution in [2.45, 2.75) is 25.8 Å². The molecule has 1 atom stereocenters. The third-order valence-electron chi connectivity index (χ3n) is 2.73. The van der Waals surface area contributed by atoms with Crippen LogP contribution in [0.5, 0.6) is 0 Å². The molecule has 1 rings (SSSR count). The second kappa shape index (κ2) is 6.14. The van der Waals surface area contributed by atoms with Gasteiger partial charge in [0.1, 0.15) is 0 Å². The van der Waals surface area contributed by atoms with E-state index in [0.29, 0.717) is 6.42 Å². The molecule has 0 bridgehead atoms. The number of nitrogens with two attached hydrogens (primary N) is 1. The Labute approximate surface area is 97.5 Å². The first kappa shape index (κ1) is 12.5. The molecule has 16 heavy (non-hydrogen) atoms. The van der Waals surface area contributed by atoms with E-state index in [1.54, 1.807) is 0 Å². The van der Waals surface area contributed by atoms with Gasteiger partial charge in [-0.3, -0.25) is 0 Å². The summed E-state index contributed by atoms with van der Waals surface area (Å²) in [5.74, 6) is 0. The molecule has 2 N–H and O–H groups in total. The van der Waals surface area contributed by atoms with Gasteiger partial charge in [0.15, 0.2) is 0 Å². The van der Waals surface area contributed by atoms with Crippen molar-refractivity contribution < 1.29 is 0 Å². The first-order valence-electron chi connectivity index (χ1n) is 5.62. The summed E-state index contributed by atoms with van der Waals surface area (Å²) in [5, 5.41) is 8.59. The monoisotopic (exact) mass is 217 g/mol. The van der Waals surface area contributed by atoms with E-state index < -0.39 is 0 Å². The van der Waals surface area contributed by atoms with Gasteiger partial charge >= 0.3 is 0 Å². The predicted molar refractivity (Wildman–Crippen MR) is 67.3 cm³/mol. The fourth-order valence-electron chi connectivity index (χ4n) is 1.51. The van der Waals surface area contributed by atoms with Crippen molar-refractivity contribution in [3.8, 4) is 6.07 Å². The Morgan fingerprint density at radius 1 is 1.38 bits per heavy atom. The number of benzene rings is 1. The Bertz CT molecular complexity index is 350. The molecule has 0 heterocycles. The molecule has 0 aliphatic carbocycles. The summed E-state index contributed by atoms with van der Waals surface area (Å²) < 4.78 is 0. The summed E-state index contributed by atoms with van der Waals surface area (Å²) in [6, 6.07) is 10.2. The quantitative estimate of drug-likeness (QED) is 0.820. The number of rotatable bonds is 5.